The van der Waals surface area contributed by atoms with Crippen LogP contribution < -0.4 is 15.6 Å². The summed E-state index contributed by atoms with van der Waals surface area (Å²) in [5.74, 6) is -1.19. The lowest BCUT2D eigenvalue weighted by Gasteiger charge is -2.10. The van der Waals surface area contributed by atoms with Crippen LogP contribution in [-0.4, -0.2) is 29.3 Å². The van der Waals surface area contributed by atoms with Crippen LogP contribution in [0.5, 0.6) is 0 Å². The zero-order valence-corrected chi connectivity index (χ0v) is 18.1. The Labute approximate surface area is 193 Å². The van der Waals surface area contributed by atoms with Gasteiger partial charge in [-0.3, -0.25) is 14.4 Å². The van der Waals surface area contributed by atoms with Crippen molar-refractivity contribution >= 4 is 46.7 Å². The molecule has 0 atom stereocenters. The number of para-hydroxylation sites is 1. The van der Waals surface area contributed by atoms with Crippen LogP contribution >= 0.6 is 11.8 Å². The molecular weight excluding hydrogens is 443 g/mol. The molecule has 1 heterocycles. The van der Waals surface area contributed by atoms with Crippen LogP contribution in [0.3, 0.4) is 0 Å². The minimum Gasteiger partial charge on any atom is -0.322 e. The quantitative estimate of drug-likeness (QED) is 0.541. The third kappa shape index (κ3) is 5.64. The van der Waals surface area contributed by atoms with Gasteiger partial charge in [0.25, 0.3) is 11.8 Å². The number of rotatable bonds is 6. The van der Waals surface area contributed by atoms with Gasteiger partial charge in [0.2, 0.25) is 5.91 Å². The summed E-state index contributed by atoms with van der Waals surface area (Å²) in [5, 5.41) is 10.8. The summed E-state index contributed by atoms with van der Waals surface area (Å²) in [7, 11) is 0. The predicted octanol–water partition coefficient (Wildman–Crippen LogP) is 4.04. The molecule has 1 aliphatic rings. The van der Waals surface area contributed by atoms with E-state index in [1.807, 2.05) is 18.2 Å². The monoisotopic (exact) mass is 462 g/mol. The summed E-state index contributed by atoms with van der Waals surface area (Å²) in [6, 6.07) is 21.6. The lowest BCUT2D eigenvalue weighted by molar-refractivity contribution is -0.117. The number of amidine groups is 1. The standard InChI is InChI=1S/C24H19FN4O3S/c25-20-9-5-4-8-19(20)24(32)26-16-10-12-18(13-11-16)33-15-22(30)27-21-14-23(31)29(28-21)17-6-2-1-3-7-17/h1-13H,14-15H2,(H,26,32)(H,27,28,30). The van der Waals surface area contributed by atoms with Crippen LogP contribution in [0.4, 0.5) is 15.8 Å². The minimum absolute atomic E-state index is 0.0295. The number of anilines is 2. The molecule has 0 unspecified atom stereocenters. The first kappa shape index (κ1) is 22.2. The summed E-state index contributed by atoms with van der Waals surface area (Å²) in [5.41, 5.74) is 1.12. The van der Waals surface area contributed by atoms with E-state index in [1.54, 1.807) is 42.5 Å². The van der Waals surface area contributed by atoms with Gasteiger partial charge in [0, 0.05) is 10.6 Å². The largest absolute Gasteiger partial charge is 0.322 e. The molecule has 0 saturated carbocycles. The number of thioether (sulfide) groups is 1. The first-order chi connectivity index (χ1) is 16.0. The molecule has 166 valence electrons. The maximum atomic E-state index is 13.7. The number of carbonyl (C=O) groups is 3. The fourth-order valence-electron chi connectivity index (χ4n) is 3.09. The van der Waals surface area contributed by atoms with Gasteiger partial charge in [0.15, 0.2) is 0 Å². The third-order valence-electron chi connectivity index (χ3n) is 4.66. The molecule has 7 nitrogen and oxygen atoms in total. The Morgan fingerprint density at radius 3 is 2.36 bits per heavy atom. The number of hydrogen-bond acceptors (Lipinski definition) is 5. The first-order valence-corrected chi connectivity index (χ1v) is 11.0. The fourth-order valence-corrected chi connectivity index (χ4v) is 3.79. The Balaban J connectivity index is 1.28. The molecule has 2 N–H and O–H groups in total. The second kappa shape index (κ2) is 10.1. The number of benzene rings is 3. The summed E-state index contributed by atoms with van der Waals surface area (Å²) in [4.78, 5) is 37.5. The number of amides is 3. The number of hydrazone groups is 1. The summed E-state index contributed by atoms with van der Waals surface area (Å²) in [6.45, 7) is 0. The lowest BCUT2D eigenvalue weighted by atomic mass is 10.2. The highest BCUT2D eigenvalue weighted by Crippen LogP contribution is 2.22. The molecule has 33 heavy (non-hydrogen) atoms. The van der Waals surface area contributed by atoms with Gasteiger partial charge in [-0.15, -0.1) is 11.8 Å². The molecule has 3 aromatic rings. The number of hydrogen-bond donors (Lipinski definition) is 2. The van der Waals surface area contributed by atoms with Gasteiger partial charge in [-0.2, -0.15) is 10.1 Å². The van der Waals surface area contributed by atoms with E-state index in [9.17, 15) is 18.8 Å². The van der Waals surface area contributed by atoms with E-state index in [2.05, 4.69) is 15.7 Å². The Kier molecular flexibility index (Phi) is 6.80. The van der Waals surface area contributed by atoms with Crippen LogP contribution in [0, 0.1) is 5.82 Å². The predicted molar refractivity (Wildman–Crippen MR) is 126 cm³/mol. The highest BCUT2D eigenvalue weighted by atomic mass is 32.2. The van der Waals surface area contributed by atoms with E-state index in [0.29, 0.717) is 17.2 Å². The van der Waals surface area contributed by atoms with Gasteiger partial charge in [0.1, 0.15) is 11.7 Å². The first-order valence-electron chi connectivity index (χ1n) is 10.0. The van der Waals surface area contributed by atoms with Gasteiger partial charge in [-0.25, -0.2) is 4.39 Å². The highest BCUT2D eigenvalue weighted by molar-refractivity contribution is 8.00. The number of carbonyl (C=O) groups excluding carboxylic acids is 3. The number of nitrogens with one attached hydrogen (secondary N) is 2. The summed E-state index contributed by atoms with van der Waals surface area (Å²) >= 11 is 1.30. The van der Waals surface area contributed by atoms with E-state index in [-0.39, 0.29) is 29.6 Å². The van der Waals surface area contributed by atoms with Crippen molar-refractivity contribution in [2.75, 3.05) is 16.1 Å². The summed E-state index contributed by atoms with van der Waals surface area (Å²) < 4.78 is 13.7. The van der Waals surface area contributed by atoms with Crippen LogP contribution in [0.1, 0.15) is 16.8 Å². The van der Waals surface area contributed by atoms with Crippen molar-refractivity contribution in [1.82, 2.24) is 5.32 Å². The van der Waals surface area contributed by atoms with E-state index in [1.165, 1.54) is 35.0 Å². The van der Waals surface area contributed by atoms with E-state index < -0.39 is 11.7 Å². The average molecular weight is 463 g/mol. The smallest absolute Gasteiger partial charge is 0.258 e. The van der Waals surface area contributed by atoms with Gasteiger partial charge >= 0.3 is 0 Å². The average Bonchev–Trinajstić information content (AvgIpc) is 3.19. The van der Waals surface area contributed by atoms with Gasteiger partial charge < -0.3 is 10.6 Å². The zero-order valence-electron chi connectivity index (χ0n) is 17.3. The SMILES string of the molecule is O=C(CSc1ccc(NC(=O)c2ccccc2F)cc1)NC1=NN(c2ccccc2)C(=O)C1. The van der Waals surface area contributed by atoms with Crippen molar-refractivity contribution in [1.29, 1.82) is 0 Å². The Morgan fingerprint density at radius 1 is 0.939 bits per heavy atom. The maximum Gasteiger partial charge on any atom is 0.258 e. The van der Waals surface area contributed by atoms with Crippen molar-refractivity contribution in [3.8, 4) is 0 Å². The van der Waals surface area contributed by atoms with Crippen molar-refractivity contribution in [2.24, 2.45) is 5.10 Å². The second-order valence-electron chi connectivity index (χ2n) is 7.06. The summed E-state index contributed by atoms with van der Waals surface area (Å²) in [6.07, 6.45) is 0.0295. The molecule has 4 rings (SSSR count). The van der Waals surface area contributed by atoms with Crippen LogP contribution in [0.2, 0.25) is 0 Å². The van der Waals surface area contributed by atoms with Gasteiger partial charge in [0.05, 0.1) is 23.4 Å². The molecule has 0 bridgehead atoms. The fraction of sp³-hybridized carbons (Fsp3) is 0.0833. The van der Waals surface area contributed by atoms with Crippen molar-refractivity contribution in [2.45, 2.75) is 11.3 Å². The topological polar surface area (TPSA) is 90.9 Å². The highest BCUT2D eigenvalue weighted by Gasteiger charge is 2.26. The molecule has 0 spiro atoms. The van der Waals surface area contributed by atoms with Crippen LogP contribution in [0.15, 0.2) is 88.9 Å². The van der Waals surface area contributed by atoms with Crippen LogP contribution in [-0.2, 0) is 9.59 Å². The molecule has 0 saturated heterocycles. The van der Waals surface area contributed by atoms with Crippen molar-refractivity contribution < 1.29 is 18.8 Å². The minimum atomic E-state index is -0.589. The van der Waals surface area contributed by atoms with E-state index >= 15 is 0 Å². The Hall–Kier alpha value is -3.98. The molecule has 1 aliphatic heterocycles. The molecule has 0 fully saturated rings. The number of nitrogens with zero attached hydrogens (tertiary/aromatic N) is 2. The molecular formula is C24H19FN4O3S. The van der Waals surface area contributed by atoms with Crippen LogP contribution in [0.25, 0.3) is 0 Å². The molecule has 0 aromatic heterocycles. The van der Waals surface area contributed by atoms with E-state index in [0.717, 1.165) is 4.90 Å². The number of halogens is 1. The molecule has 0 radical (unpaired) electrons. The molecule has 0 aliphatic carbocycles. The lowest BCUT2D eigenvalue weighted by Crippen LogP contribution is -2.31. The van der Waals surface area contributed by atoms with Gasteiger partial charge in [-0.05, 0) is 48.5 Å². The second-order valence-corrected chi connectivity index (χ2v) is 8.11. The molecule has 9 heteroatoms. The molecule has 3 aromatic carbocycles. The Morgan fingerprint density at radius 2 is 1.64 bits per heavy atom. The van der Waals surface area contributed by atoms with Gasteiger partial charge in [-0.1, -0.05) is 30.3 Å². The van der Waals surface area contributed by atoms with E-state index in [4.69, 9.17) is 0 Å². The third-order valence-corrected chi connectivity index (χ3v) is 5.67. The zero-order chi connectivity index (χ0) is 23.2. The maximum absolute atomic E-state index is 13.7. The van der Waals surface area contributed by atoms with Crippen molar-refractivity contribution in [3.05, 3.63) is 90.2 Å². The van der Waals surface area contributed by atoms with Crippen molar-refractivity contribution in [3.63, 3.8) is 0 Å². The normalized spacial score (nSPS) is 12.9. The Bertz CT molecular complexity index is 1220. The molecule has 3 amide bonds.